The molecule has 0 N–H and O–H groups in total. The predicted octanol–water partition coefficient (Wildman–Crippen LogP) is 5.41. The van der Waals surface area contributed by atoms with Crippen molar-refractivity contribution < 1.29 is 13.2 Å². The summed E-state index contributed by atoms with van der Waals surface area (Å²) in [6.45, 7) is 3.65. The Kier molecular flexibility index (Phi) is 6.92. The third-order valence-corrected chi connectivity index (χ3v) is 8.87. The summed E-state index contributed by atoms with van der Waals surface area (Å²) in [7, 11) is -3.35. The molecule has 9 heteroatoms. The number of anilines is 1. The lowest BCUT2D eigenvalue weighted by atomic mass is 10.1. The van der Waals surface area contributed by atoms with Gasteiger partial charge in [0.05, 0.1) is 33.3 Å². The monoisotopic (exact) mass is 543 g/mol. The standard InChI is InChI=1S/C24H22BrN3O3S2/c1-16(2)33(30,31)20-8-5-17(6-9-20)12-23(29)28(15-18-4-3-11-26-14-18)24-27-21-10-7-19(25)13-22(21)32-24/h3-11,13-14,16H,12,15H2,1-2H3. The van der Waals surface area contributed by atoms with Crippen LogP contribution in [0.5, 0.6) is 0 Å². The molecule has 6 nitrogen and oxygen atoms in total. The van der Waals surface area contributed by atoms with Crippen molar-refractivity contribution in [2.75, 3.05) is 4.90 Å². The molecule has 0 bridgehead atoms. The van der Waals surface area contributed by atoms with E-state index in [-0.39, 0.29) is 17.2 Å². The smallest absolute Gasteiger partial charge is 0.233 e. The molecule has 4 rings (SSSR count). The third kappa shape index (κ3) is 5.31. The Bertz CT molecular complexity index is 1390. The van der Waals surface area contributed by atoms with E-state index < -0.39 is 15.1 Å². The maximum atomic E-state index is 13.4. The molecule has 0 spiro atoms. The molecule has 0 fully saturated rings. The Morgan fingerprint density at radius 2 is 1.85 bits per heavy atom. The van der Waals surface area contributed by atoms with Crippen molar-refractivity contribution in [3.8, 4) is 0 Å². The van der Waals surface area contributed by atoms with E-state index in [1.165, 1.54) is 11.3 Å². The summed E-state index contributed by atoms with van der Waals surface area (Å²) in [5.74, 6) is -0.128. The van der Waals surface area contributed by atoms with Crippen LogP contribution in [-0.2, 0) is 27.6 Å². The molecule has 1 amide bonds. The molecule has 0 unspecified atom stereocenters. The number of rotatable bonds is 7. The van der Waals surface area contributed by atoms with E-state index in [1.54, 1.807) is 55.4 Å². The molecule has 0 saturated heterocycles. The summed E-state index contributed by atoms with van der Waals surface area (Å²) in [5, 5.41) is 0.106. The zero-order valence-corrected chi connectivity index (χ0v) is 21.3. The number of sulfone groups is 1. The van der Waals surface area contributed by atoms with Crippen LogP contribution in [-0.4, -0.2) is 29.5 Å². The number of aromatic nitrogens is 2. The molecule has 2 aromatic heterocycles. The van der Waals surface area contributed by atoms with Gasteiger partial charge in [-0.15, -0.1) is 0 Å². The molecule has 0 saturated carbocycles. The van der Waals surface area contributed by atoms with Crippen molar-refractivity contribution in [2.45, 2.75) is 37.0 Å². The van der Waals surface area contributed by atoms with Gasteiger partial charge < -0.3 is 0 Å². The molecule has 0 aliphatic rings. The summed E-state index contributed by atoms with van der Waals surface area (Å²) in [6, 6.07) is 16.1. The summed E-state index contributed by atoms with van der Waals surface area (Å²) in [5.41, 5.74) is 2.46. The van der Waals surface area contributed by atoms with Gasteiger partial charge in [-0.25, -0.2) is 13.4 Å². The van der Waals surface area contributed by atoms with Crippen molar-refractivity contribution in [1.82, 2.24) is 9.97 Å². The Labute approximate surface area is 205 Å². The molecule has 33 heavy (non-hydrogen) atoms. The Hall–Kier alpha value is -2.62. The molecule has 0 aliphatic carbocycles. The average molecular weight is 544 g/mol. The number of carbonyl (C=O) groups excluding carboxylic acids is 1. The number of carbonyl (C=O) groups is 1. The molecular formula is C24H22BrN3O3S2. The van der Waals surface area contributed by atoms with Gasteiger partial charge in [0.25, 0.3) is 0 Å². The average Bonchev–Trinajstić information content (AvgIpc) is 3.21. The van der Waals surface area contributed by atoms with Gasteiger partial charge >= 0.3 is 0 Å². The third-order valence-electron chi connectivity index (χ3n) is 5.16. The molecule has 170 valence electrons. The van der Waals surface area contributed by atoms with Gasteiger partial charge in [0.2, 0.25) is 5.91 Å². The van der Waals surface area contributed by atoms with Gasteiger partial charge in [0.1, 0.15) is 0 Å². The van der Waals surface area contributed by atoms with Crippen molar-refractivity contribution in [1.29, 1.82) is 0 Å². The number of amides is 1. The number of thiazole rings is 1. The highest BCUT2D eigenvalue weighted by Crippen LogP contribution is 2.32. The molecule has 2 aromatic carbocycles. The molecular weight excluding hydrogens is 522 g/mol. The SMILES string of the molecule is CC(C)S(=O)(=O)c1ccc(CC(=O)N(Cc2cccnc2)c2nc3ccc(Br)cc3s2)cc1. The maximum absolute atomic E-state index is 13.4. The number of halogens is 1. The van der Waals surface area contributed by atoms with Crippen LogP contribution in [0.1, 0.15) is 25.0 Å². The second-order valence-electron chi connectivity index (χ2n) is 7.86. The number of nitrogens with zero attached hydrogens (tertiary/aromatic N) is 3. The van der Waals surface area contributed by atoms with Crippen molar-refractivity contribution in [2.24, 2.45) is 0 Å². The summed E-state index contributed by atoms with van der Waals surface area (Å²) in [4.78, 5) is 24.2. The minimum Gasteiger partial charge on any atom is -0.283 e. The second kappa shape index (κ2) is 9.70. The highest BCUT2D eigenvalue weighted by Gasteiger charge is 2.22. The highest BCUT2D eigenvalue weighted by atomic mass is 79.9. The van der Waals surface area contributed by atoms with Gasteiger partial charge in [-0.1, -0.05) is 45.5 Å². The van der Waals surface area contributed by atoms with Crippen LogP contribution in [0, 0.1) is 0 Å². The lowest BCUT2D eigenvalue weighted by Crippen LogP contribution is -2.31. The van der Waals surface area contributed by atoms with Crippen LogP contribution in [0.25, 0.3) is 10.2 Å². The van der Waals surface area contributed by atoms with Crippen molar-refractivity contribution in [3.63, 3.8) is 0 Å². The molecule has 2 heterocycles. The quantitative estimate of drug-likeness (QED) is 0.311. The van der Waals surface area contributed by atoms with Gasteiger partial charge in [-0.3, -0.25) is 14.7 Å². The number of hydrogen-bond donors (Lipinski definition) is 0. The first-order valence-corrected chi connectivity index (χ1v) is 13.5. The number of pyridine rings is 1. The highest BCUT2D eigenvalue weighted by molar-refractivity contribution is 9.10. The zero-order valence-electron chi connectivity index (χ0n) is 18.1. The fraction of sp³-hybridized carbons (Fsp3) is 0.208. The van der Waals surface area contributed by atoms with Crippen LogP contribution in [0.3, 0.4) is 0 Å². The van der Waals surface area contributed by atoms with Crippen LogP contribution in [0.4, 0.5) is 5.13 Å². The second-order valence-corrected chi connectivity index (χ2v) is 12.3. The van der Waals surface area contributed by atoms with E-state index in [2.05, 4.69) is 25.9 Å². The van der Waals surface area contributed by atoms with E-state index in [1.807, 2.05) is 30.3 Å². The fourth-order valence-corrected chi connectivity index (χ4v) is 5.87. The van der Waals surface area contributed by atoms with E-state index in [0.29, 0.717) is 11.7 Å². The number of fused-ring (bicyclic) bond motifs is 1. The van der Waals surface area contributed by atoms with Crippen molar-refractivity contribution >= 4 is 58.4 Å². The molecule has 0 atom stereocenters. The van der Waals surface area contributed by atoms with Gasteiger partial charge in [-0.2, -0.15) is 0 Å². The van der Waals surface area contributed by atoms with E-state index in [9.17, 15) is 13.2 Å². The topological polar surface area (TPSA) is 80.2 Å². The first-order chi connectivity index (χ1) is 15.7. The van der Waals surface area contributed by atoms with E-state index >= 15 is 0 Å². The summed E-state index contributed by atoms with van der Waals surface area (Å²) in [6.07, 6.45) is 3.55. The van der Waals surface area contributed by atoms with Crippen LogP contribution in [0.2, 0.25) is 0 Å². The number of hydrogen-bond acceptors (Lipinski definition) is 6. The predicted molar refractivity (Wildman–Crippen MR) is 135 cm³/mol. The van der Waals surface area contributed by atoms with Crippen molar-refractivity contribution in [3.05, 3.63) is 82.6 Å². The minimum absolute atomic E-state index is 0.127. The van der Waals surface area contributed by atoms with Crippen LogP contribution >= 0.6 is 27.3 Å². The van der Waals surface area contributed by atoms with E-state index in [4.69, 9.17) is 0 Å². The lowest BCUT2D eigenvalue weighted by Gasteiger charge is -2.20. The first-order valence-electron chi connectivity index (χ1n) is 10.3. The van der Waals surface area contributed by atoms with Crippen LogP contribution < -0.4 is 4.90 Å². The fourth-order valence-electron chi connectivity index (χ4n) is 3.28. The zero-order chi connectivity index (χ0) is 23.6. The van der Waals surface area contributed by atoms with Gasteiger partial charge in [0, 0.05) is 16.9 Å². The minimum atomic E-state index is -3.35. The molecule has 0 radical (unpaired) electrons. The largest absolute Gasteiger partial charge is 0.283 e. The number of benzene rings is 2. The molecule has 4 aromatic rings. The summed E-state index contributed by atoms with van der Waals surface area (Å²) >= 11 is 4.93. The molecule has 0 aliphatic heterocycles. The van der Waals surface area contributed by atoms with Crippen LogP contribution in [0.15, 0.2) is 76.4 Å². The first kappa shape index (κ1) is 23.5. The maximum Gasteiger partial charge on any atom is 0.233 e. The lowest BCUT2D eigenvalue weighted by molar-refractivity contribution is -0.118. The summed E-state index contributed by atoms with van der Waals surface area (Å²) < 4.78 is 26.7. The van der Waals surface area contributed by atoms with Gasteiger partial charge in [-0.05, 0) is 61.4 Å². The van der Waals surface area contributed by atoms with E-state index in [0.717, 1.165) is 25.8 Å². The Morgan fingerprint density at radius 3 is 2.52 bits per heavy atom. The van der Waals surface area contributed by atoms with Gasteiger partial charge in [0.15, 0.2) is 15.0 Å². The Balaban J connectivity index is 1.63. The normalized spacial score (nSPS) is 11.8. The Morgan fingerprint density at radius 1 is 1.09 bits per heavy atom.